The maximum atomic E-state index is 11.1. The van der Waals surface area contributed by atoms with E-state index in [4.69, 9.17) is 14.2 Å². The van der Waals surface area contributed by atoms with E-state index in [-0.39, 0.29) is 0 Å². The van der Waals surface area contributed by atoms with E-state index < -0.39 is 94.9 Å². The van der Waals surface area contributed by atoms with Gasteiger partial charge in [-0.05, 0) is 0 Å². The van der Waals surface area contributed by atoms with Crippen LogP contribution in [0.4, 0.5) is 0 Å². The van der Waals surface area contributed by atoms with Gasteiger partial charge in [0.15, 0.2) is 12.6 Å². The van der Waals surface area contributed by atoms with Crippen LogP contribution in [0.5, 0.6) is 0 Å². The van der Waals surface area contributed by atoms with Crippen molar-refractivity contribution in [3.63, 3.8) is 0 Å². The van der Waals surface area contributed by atoms with Crippen molar-refractivity contribution in [1.82, 2.24) is 0 Å². The number of aliphatic hydroxyl groups is 6. The Kier molecular flexibility index (Phi) is 8.75. The van der Waals surface area contributed by atoms with Gasteiger partial charge in [0.25, 0.3) is 20.2 Å². The molecule has 0 radical (unpaired) electrons. The van der Waals surface area contributed by atoms with E-state index >= 15 is 0 Å². The van der Waals surface area contributed by atoms with Gasteiger partial charge in [-0.3, -0.25) is 8.37 Å². The van der Waals surface area contributed by atoms with Crippen molar-refractivity contribution in [1.29, 1.82) is 0 Å². The SMILES string of the molecule is CS(=O)(=O)OCC1OC(OC2OC(COS(C)(=O)=O)C(O)C(O)C2O)C(O)C(O)C1O. The highest BCUT2D eigenvalue weighted by Crippen LogP contribution is 2.28. The molecular formula is C14H26O15S2. The quantitative estimate of drug-likeness (QED) is 0.171. The molecule has 2 rings (SSSR count). The first kappa shape index (κ1) is 26.7. The number of ether oxygens (including phenoxy) is 3. The van der Waals surface area contributed by atoms with Crippen molar-refractivity contribution >= 4 is 20.2 Å². The zero-order chi connectivity index (χ0) is 23.7. The molecule has 0 spiro atoms. The average Bonchev–Trinajstić information content (AvgIpc) is 2.65. The molecular weight excluding hydrogens is 472 g/mol. The Hall–Kier alpha value is -0.540. The summed E-state index contributed by atoms with van der Waals surface area (Å²) >= 11 is 0. The Labute approximate surface area is 177 Å². The van der Waals surface area contributed by atoms with Crippen LogP contribution in [-0.4, -0.2) is 135 Å². The highest BCUT2D eigenvalue weighted by Gasteiger charge is 2.50. The zero-order valence-electron chi connectivity index (χ0n) is 16.4. The fourth-order valence-electron chi connectivity index (χ4n) is 2.85. The molecule has 2 fully saturated rings. The minimum absolute atomic E-state index is 0.735. The van der Waals surface area contributed by atoms with Crippen molar-refractivity contribution in [2.75, 3.05) is 25.7 Å². The van der Waals surface area contributed by atoms with Crippen molar-refractivity contribution in [3.8, 4) is 0 Å². The van der Waals surface area contributed by atoms with E-state index in [0.717, 1.165) is 12.5 Å². The molecule has 0 aromatic heterocycles. The fourth-order valence-corrected chi connectivity index (χ4v) is 3.61. The average molecular weight is 498 g/mol. The van der Waals surface area contributed by atoms with Crippen LogP contribution in [0.2, 0.25) is 0 Å². The molecule has 6 N–H and O–H groups in total. The molecule has 17 heteroatoms. The summed E-state index contributed by atoms with van der Waals surface area (Å²) in [5.74, 6) is 0. The smallest absolute Gasteiger partial charge is 0.264 e. The molecule has 0 bridgehead atoms. The molecule has 10 atom stereocenters. The van der Waals surface area contributed by atoms with Crippen LogP contribution in [0.15, 0.2) is 0 Å². The van der Waals surface area contributed by atoms with E-state index in [1.807, 2.05) is 0 Å². The number of rotatable bonds is 8. The van der Waals surface area contributed by atoms with Gasteiger partial charge in [0.1, 0.15) is 48.8 Å². The Morgan fingerprint density at radius 1 is 0.613 bits per heavy atom. The first-order valence-electron chi connectivity index (χ1n) is 8.84. The summed E-state index contributed by atoms with van der Waals surface area (Å²) in [6, 6.07) is 0. The maximum Gasteiger partial charge on any atom is 0.264 e. The predicted molar refractivity (Wildman–Crippen MR) is 96.0 cm³/mol. The summed E-state index contributed by atoms with van der Waals surface area (Å²) in [4.78, 5) is 0. The Morgan fingerprint density at radius 2 is 0.935 bits per heavy atom. The molecule has 0 amide bonds. The summed E-state index contributed by atoms with van der Waals surface area (Å²) in [6.45, 7) is -1.49. The molecule has 31 heavy (non-hydrogen) atoms. The molecule has 0 aromatic rings. The van der Waals surface area contributed by atoms with E-state index in [9.17, 15) is 47.5 Å². The molecule has 2 aliphatic heterocycles. The van der Waals surface area contributed by atoms with Gasteiger partial charge in [-0.25, -0.2) is 0 Å². The third-order valence-electron chi connectivity index (χ3n) is 4.50. The lowest BCUT2D eigenvalue weighted by Gasteiger charge is -2.44. The Morgan fingerprint density at radius 3 is 1.23 bits per heavy atom. The van der Waals surface area contributed by atoms with Gasteiger partial charge in [0, 0.05) is 0 Å². The van der Waals surface area contributed by atoms with E-state index in [2.05, 4.69) is 8.37 Å². The van der Waals surface area contributed by atoms with Crippen molar-refractivity contribution < 1.29 is 70.1 Å². The zero-order valence-corrected chi connectivity index (χ0v) is 18.0. The number of hydrogen-bond acceptors (Lipinski definition) is 15. The molecule has 10 unspecified atom stereocenters. The molecule has 184 valence electrons. The summed E-state index contributed by atoms with van der Waals surface area (Å²) in [7, 11) is -7.87. The van der Waals surface area contributed by atoms with Gasteiger partial charge >= 0.3 is 0 Å². The van der Waals surface area contributed by atoms with Gasteiger partial charge in [-0.2, -0.15) is 16.8 Å². The lowest BCUT2D eigenvalue weighted by atomic mass is 9.98. The van der Waals surface area contributed by atoms with Crippen LogP contribution >= 0.6 is 0 Å². The standard InChI is InChI=1S/C14H26O15S2/c1-30(21,22)25-3-5-7(15)9(17)11(19)13(27-5)29-14-12(20)10(18)8(16)6(28-14)4-26-31(2,23)24/h5-20H,3-4H2,1-2H3. The van der Waals surface area contributed by atoms with E-state index in [1.54, 1.807) is 0 Å². The Balaban J connectivity index is 2.11. The molecule has 2 saturated heterocycles. The molecule has 0 aliphatic carbocycles. The summed E-state index contributed by atoms with van der Waals surface area (Å²) < 4.78 is 69.2. The van der Waals surface area contributed by atoms with Crippen molar-refractivity contribution in [2.45, 2.75) is 61.4 Å². The second-order valence-corrected chi connectivity index (χ2v) is 10.4. The molecule has 2 heterocycles. The van der Waals surface area contributed by atoms with Gasteiger partial charge in [-0.1, -0.05) is 0 Å². The van der Waals surface area contributed by atoms with Gasteiger partial charge < -0.3 is 44.8 Å². The van der Waals surface area contributed by atoms with Crippen molar-refractivity contribution in [2.24, 2.45) is 0 Å². The number of aliphatic hydroxyl groups excluding tert-OH is 6. The van der Waals surface area contributed by atoms with Crippen LogP contribution in [-0.2, 0) is 42.8 Å². The molecule has 0 aromatic carbocycles. The van der Waals surface area contributed by atoms with E-state index in [0.29, 0.717) is 0 Å². The van der Waals surface area contributed by atoms with Crippen LogP contribution < -0.4 is 0 Å². The first-order chi connectivity index (χ1) is 14.1. The molecule has 0 saturated carbocycles. The maximum absolute atomic E-state index is 11.1. The van der Waals surface area contributed by atoms with Crippen LogP contribution in [0.1, 0.15) is 0 Å². The lowest BCUT2D eigenvalue weighted by molar-refractivity contribution is -0.375. The summed E-state index contributed by atoms with van der Waals surface area (Å²) in [5, 5.41) is 60.1. The Bertz CT molecular complexity index is 735. The minimum atomic E-state index is -3.94. The van der Waals surface area contributed by atoms with Crippen LogP contribution in [0.25, 0.3) is 0 Å². The monoisotopic (exact) mass is 498 g/mol. The largest absolute Gasteiger partial charge is 0.387 e. The van der Waals surface area contributed by atoms with Gasteiger partial charge in [-0.15, -0.1) is 0 Å². The van der Waals surface area contributed by atoms with Crippen LogP contribution in [0.3, 0.4) is 0 Å². The van der Waals surface area contributed by atoms with Gasteiger partial charge in [0.2, 0.25) is 0 Å². The topological polar surface area (TPSA) is 236 Å². The minimum Gasteiger partial charge on any atom is -0.387 e. The third kappa shape index (κ3) is 7.22. The second kappa shape index (κ2) is 10.2. The fraction of sp³-hybridized carbons (Fsp3) is 1.00. The molecule has 2 aliphatic rings. The van der Waals surface area contributed by atoms with Gasteiger partial charge in [0.05, 0.1) is 25.7 Å². The highest BCUT2D eigenvalue weighted by molar-refractivity contribution is 7.86. The normalized spacial score (nSPS) is 42.5. The number of hydrogen-bond donors (Lipinski definition) is 6. The van der Waals surface area contributed by atoms with Crippen LogP contribution in [0, 0.1) is 0 Å². The summed E-state index contributed by atoms with van der Waals surface area (Å²) in [6.07, 6.45) is -16.2. The summed E-state index contributed by atoms with van der Waals surface area (Å²) in [5.41, 5.74) is 0. The molecule has 15 nitrogen and oxygen atoms in total. The predicted octanol–water partition coefficient (Wildman–Crippen LogP) is -5.43. The first-order valence-corrected chi connectivity index (χ1v) is 12.5. The lowest BCUT2D eigenvalue weighted by Crippen LogP contribution is -2.64. The second-order valence-electron chi connectivity index (χ2n) is 7.14. The third-order valence-corrected chi connectivity index (χ3v) is 5.63. The highest BCUT2D eigenvalue weighted by atomic mass is 32.2. The van der Waals surface area contributed by atoms with Crippen molar-refractivity contribution in [3.05, 3.63) is 0 Å². The van der Waals surface area contributed by atoms with E-state index in [1.165, 1.54) is 0 Å².